The van der Waals surface area contributed by atoms with Crippen LogP contribution in [0.2, 0.25) is 0 Å². The molecule has 8 heteroatoms. The van der Waals surface area contributed by atoms with Crippen LogP contribution in [0.4, 0.5) is 0 Å². The Labute approximate surface area is 161 Å². The predicted octanol–water partition coefficient (Wildman–Crippen LogP) is 2.45. The first kappa shape index (κ1) is 18.1. The van der Waals surface area contributed by atoms with Gasteiger partial charge in [0.1, 0.15) is 0 Å². The Kier molecular flexibility index (Phi) is 4.54. The van der Waals surface area contributed by atoms with Crippen molar-refractivity contribution in [1.82, 2.24) is 24.9 Å². The lowest BCUT2D eigenvalue weighted by Crippen LogP contribution is -2.39. The van der Waals surface area contributed by atoms with E-state index >= 15 is 0 Å². The molecule has 0 spiro atoms. The third-order valence-electron chi connectivity index (χ3n) is 5.12. The van der Waals surface area contributed by atoms with Gasteiger partial charge in [-0.05, 0) is 31.9 Å². The van der Waals surface area contributed by atoms with Gasteiger partial charge in [0.2, 0.25) is 0 Å². The van der Waals surface area contributed by atoms with Crippen molar-refractivity contribution in [3.8, 4) is 5.69 Å². The summed E-state index contributed by atoms with van der Waals surface area (Å²) >= 11 is 0. The lowest BCUT2D eigenvalue weighted by Gasteiger charge is -2.23. The van der Waals surface area contributed by atoms with Crippen LogP contribution >= 0.6 is 0 Å². The molecule has 1 N–H and O–H groups in total. The fourth-order valence-corrected chi connectivity index (χ4v) is 3.34. The van der Waals surface area contributed by atoms with E-state index in [9.17, 15) is 14.7 Å². The maximum atomic E-state index is 13.1. The van der Waals surface area contributed by atoms with Crippen LogP contribution in [-0.2, 0) is 4.79 Å². The quantitative estimate of drug-likeness (QED) is 0.706. The van der Waals surface area contributed by atoms with Gasteiger partial charge in [-0.3, -0.25) is 14.6 Å². The number of aliphatic carboxylic acids is 1. The number of carboxylic acid groups (broad SMARTS) is 1. The molecule has 4 rings (SSSR count). The number of nitrogens with zero attached hydrogens (tertiary/aromatic N) is 5. The second kappa shape index (κ2) is 7.03. The summed E-state index contributed by atoms with van der Waals surface area (Å²) in [6.45, 7) is 3.59. The molecule has 1 aliphatic rings. The molecule has 1 amide bonds. The molecule has 1 aliphatic carbocycles. The predicted molar refractivity (Wildman–Crippen MR) is 102 cm³/mol. The van der Waals surface area contributed by atoms with Gasteiger partial charge in [-0.2, -0.15) is 0 Å². The van der Waals surface area contributed by atoms with Crippen LogP contribution < -0.4 is 0 Å². The number of hydrogen-bond donors (Lipinski definition) is 1. The summed E-state index contributed by atoms with van der Waals surface area (Å²) in [4.78, 5) is 30.1. The van der Waals surface area contributed by atoms with Crippen molar-refractivity contribution >= 4 is 22.6 Å². The minimum atomic E-state index is -0.914. The van der Waals surface area contributed by atoms with E-state index < -0.39 is 11.9 Å². The van der Waals surface area contributed by atoms with Crippen molar-refractivity contribution in [2.24, 2.45) is 5.92 Å². The van der Waals surface area contributed by atoms with Crippen molar-refractivity contribution in [3.05, 3.63) is 48.0 Å². The minimum absolute atomic E-state index is 0.0856. The molecule has 1 unspecified atom stereocenters. The topological polar surface area (TPSA) is 101 Å². The standard InChI is InChI=1S/C20H21N5O3/c1-12(20(27)28)11-24(15-6-7-15)19(26)18-13(2)25(23-22-18)17-5-3-4-14-10-21-9-8-16(14)17/h3-5,8-10,12,15H,6-7,11H2,1-2H3,(H,27,28). The highest BCUT2D eigenvalue weighted by Gasteiger charge is 2.36. The number of amides is 1. The zero-order valence-corrected chi connectivity index (χ0v) is 15.7. The van der Waals surface area contributed by atoms with Crippen molar-refractivity contribution in [2.45, 2.75) is 32.7 Å². The van der Waals surface area contributed by atoms with Crippen molar-refractivity contribution in [1.29, 1.82) is 0 Å². The van der Waals surface area contributed by atoms with Gasteiger partial charge in [-0.1, -0.05) is 24.3 Å². The van der Waals surface area contributed by atoms with Crippen molar-refractivity contribution in [3.63, 3.8) is 0 Å². The zero-order valence-electron chi connectivity index (χ0n) is 15.7. The first-order valence-electron chi connectivity index (χ1n) is 9.26. The van der Waals surface area contributed by atoms with Gasteiger partial charge in [-0.25, -0.2) is 4.68 Å². The van der Waals surface area contributed by atoms with Gasteiger partial charge in [0.25, 0.3) is 5.91 Å². The molecule has 144 valence electrons. The molecule has 0 bridgehead atoms. The van der Waals surface area contributed by atoms with Gasteiger partial charge in [0.05, 0.1) is 17.3 Å². The molecule has 0 radical (unpaired) electrons. The zero-order chi connectivity index (χ0) is 19.8. The highest BCUT2D eigenvalue weighted by atomic mass is 16.4. The van der Waals surface area contributed by atoms with Crippen molar-refractivity contribution in [2.75, 3.05) is 6.54 Å². The maximum absolute atomic E-state index is 13.1. The average Bonchev–Trinajstić information content (AvgIpc) is 3.46. The van der Waals surface area contributed by atoms with Crippen LogP contribution in [0.1, 0.15) is 35.9 Å². The minimum Gasteiger partial charge on any atom is -0.481 e. The van der Waals surface area contributed by atoms with E-state index in [1.807, 2.05) is 24.3 Å². The van der Waals surface area contributed by atoms with Gasteiger partial charge < -0.3 is 10.0 Å². The van der Waals surface area contributed by atoms with Crippen molar-refractivity contribution < 1.29 is 14.7 Å². The van der Waals surface area contributed by atoms with E-state index in [-0.39, 0.29) is 24.2 Å². The van der Waals surface area contributed by atoms with Gasteiger partial charge in [0, 0.05) is 35.8 Å². The van der Waals surface area contributed by atoms with Gasteiger partial charge in [0.15, 0.2) is 5.69 Å². The van der Waals surface area contributed by atoms with E-state index in [1.54, 1.807) is 35.8 Å². The number of carbonyl (C=O) groups excluding carboxylic acids is 1. The molecule has 3 aromatic rings. The van der Waals surface area contributed by atoms with Crippen LogP contribution in [0, 0.1) is 12.8 Å². The Morgan fingerprint density at radius 3 is 2.82 bits per heavy atom. The number of fused-ring (bicyclic) bond motifs is 1. The van der Waals surface area contributed by atoms with Gasteiger partial charge >= 0.3 is 5.97 Å². The Balaban J connectivity index is 1.69. The SMILES string of the molecule is Cc1c(C(=O)N(CC(C)C(=O)O)C2CC2)nnn1-c1cccc2cnccc12. The molecule has 1 atom stereocenters. The molecular formula is C20H21N5O3. The summed E-state index contributed by atoms with van der Waals surface area (Å²) in [6.07, 6.45) is 5.27. The lowest BCUT2D eigenvalue weighted by atomic mass is 10.1. The summed E-state index contributed by atoms with van der Waals surface area (Å²) in [5.41, 5.74) is 1.71. The van der Waals surface area contributed by atoms with E-state index in [1.165, 1.54) is 0 Å². The molecular weight excluding hydrogens is 358 g/mol. The van der Waals surface area contributed by atoms with Crippen LogP contribution in [0.25, 0.3) is 16.5 Å². The van der Waals surface area contributed by atoms with Gasteiger partial charge in [-0.15, -0.1) is 5.10 Å². The second-order valence-electron chi connectivity index (χ2n) is 7.24. The first-order chi connectivity index (χ1) is 13.5. The number of aromatic nitrogens is 4. The fraction of sp³-hybridized carbons (Fsp3) is 0.350. The third kappa shape index (κ3) is 3.21. The molecule has 0 aliphatic heterocycles. The number of carboxylic acids is 1. The Morgan fingerprint density at radius 2 is 2.11 bits per heavy atom. The number of carbonyl (C=O) groups is 2. The largest absolute Gasteiger partial charge is 0.481 e. The summed E-state index contributed by atoms with van der Waals surface area (Å²) in [5, 5.41) is 19.5. The highest BCUT2D eigenvalue weighted by Crippen LogP contribution is 2.30. The number of pyridine rings is 1. The second-order valence-corrected chi connectivity index (χ2v) is 7.24. The van der Waals surface area contributed by atoms with E-state index in [0.717, 1.165) is 29.3 Å². The fourth-order valence-electron chi connectivity index (χ4n) is 3.34. The van der Waals surface area contributed by atoms with Crippen LogP contribution in [0.15, 0.2) is 36.7 Å². The molecule has 2 aromatic heterocycles. The van der Waals surface area contributed by atoms with Crippen LogP contribution in [0.5, 0.6) is 0 Å². The molecule has 2 heterocycles. The Morgan fingerprint density at radius 1 is 1.32 bits per heavy atom. The monoisotopic (exact) mass is 379 g/mol. The van der Waals surface area contributed by atoms with E-state index in [0.29, 0.717) is 5.69 Å². The molecule has 1 saturated carbocycles. The number of hydrogen-bond acceptors (Lipinski definition) is 5. The summed E-state index contributed by atoms with van der Waals surface area (Å²) in [6, 6.07) is 7.78. The van der Waals surface area contributed by atoms with E-state index in [2.05, 4.69) is 15.3 Å². The molecule has 1 fully saturated rings. The third-order valence-corrected chi connectivity index (χ3v) is 5.12. The summed E-state index contributed by atoms with van der Waals surface area (Å²) < 4.78 is 1.65. The summed E-state index contributed by atoms with van der Waals surface area (Å²) in [7, 11) is 0. The lowest BCUT2D eigenvalue weighted by molar-refractivity contribution is -0.141. The molecule has 28 heavy (non-hydrogen) atoms. The number of rotatable bonds is 6. The smallest absolute Gasteiger partial charge is 0.308 e. The molecule has 1 aromatic carbocycles. The molecule has 8 nitrogen and oxygen atoms in total. The highest BCUT2D eigenvalue weighted by molar-refractivity contribution is 5.95. The normalized spacial score (nSPS) is 14.8. The molecule has 0 saturated heterocycles. The average molecular weight is 379 g/mol. The Bertz CT molecular complexity index is 1050. The van der Waals surface area contributed by atoms with E-state index in [4.69, 9.17) is 0 Å². The number of benzene rings is 1. The summed E-state index contributed by atoms with van der Waals surface area (Å²) in [5.74, 6) is -1.81. The van der Waals surface area contributed by atoms with Crippen LogP contribution in [0.3, 0.4) is 0 Å². The van der Waals surface area contributed by atoms with Crippen LogP contribution in [-0.4, -0.2) is 54.4 Å². The first-order valence-corrected chi connectivity index (χ1v) is 9.26. The maximum Gasteiger partial charge on any atom is 0.308 e. The Hall–Kier alpha value is -3.29.